The second-order valence-corrected chi connectivity index (χ2v) is 11.3. The number of nitrogens with one attached hydrogen (secondary N) is 1. The molecule has 35 heavy (non-hydrogen) atoms. The minimum absolute atomic E-state index is 0.264. The number of pyridine rings is 1. The van der Waals surface area contributed by atoms with Gasteiger partial charge in [-0.1, -0.05) is 6.07 Å². The first kappa shape index (κ1) is 22.5. The number of hydrogen-bond donors (Lipinski definition) is 1. The minimum Gasteiger partial charge on any atom is -0.444 e. The normalized spacial score (nSPS) is 17.5. The van der Waals surface area contributed by atoms with Crippen molar-refractivity contribution in [1.29, 1.82) is 0 Å². The number of piperidine rings is 1. The average molecular weight is 538 g/mol. The van der Waals surface area contributed by atoms with Crippen molar-refractivity contribution in [1.82, 2.24) is 24.6 Å². The number of aromatic amines is 1. The number of carbonyl (C=O) groups excluding carboxylic acids is 1. The lowest BCUT2D eigenvalue weighted by Crippen LogP contribution is -2.46. The van der Waals surface area contributed by atoms with Gasteiger partial charge in [0.2, 0.25) is 0 Å². The number of aromatic nitrogens is 4. The monoisotopic (exact) mass is 537 g/mol. The van der Waals surface area contributed by atoms with Crippen LogP contribution in [0.5, 0.6) is 0 Å². The van der Waals surface area contributed by atoms with Crippen LogP contribution in [0.1, 0.15) is 44.7 Å². The summed E-state index contributed by atoms with van der Waals surface area (Å²) in [5.74, 6) is 0. The fourth-order valence-electron chi connectivity index (χ4n) is 5.44. The maximum Gasteiger partial charge on any atom is 0.410 e. The molecule has 1 fully saturated rings. The first-order valence-corrected chi connectivity index (χ1v) is 12.7. The van der Waals surface area contributed by atoms with Crippen molar-refractivity contribution < 1.29 is 14.3 Å². The van der Waals surface area contributed by atoms with Crippen molar-refractivity contribution in [3.05, 3.63) is 46.3 Å². The molecule has 1 spiro atoms. The lowest BCUT2D eigenvalue weighted by atomic mass is 9.81. The Labute approximate surface area is 211 Å². The number of rotatable bonds is 1. The Balaban J connectivity index is 1.42. The van der Waals surface area contributed by atoms with Gasteiger partial charge in [-0.25, -0.2) is 9.78 Å². The molecule has 9 heteroatoms. The van der Waals surface area contributed by atoms with Crippen molar-refractivity contribution in [2.24, 2.45) is 7.05 Å². The number of carbonyl (C=O) groups is 1. The summed E-state index contributed by atoms with van der Waals surface area (Å²) in [6, 6.07) is 6.40. The molecule has 0 unspecified atom stereocenters. The molecule has 4 aromatic rings. The first-order valence-electron chi connectivity index (χ1n) is 11.9. The van der Waals surface area contributed by atoms with Gasteiger partial charge in [0.15, 0.2) is 0 Å². The van der Waals surface area contributed by atoms with Crippen LogP contribution in [0.3, 0.4) is 0 Å². The van der Waals surface area contributed by atoms with Crippen molar-refractivity contribution in [3.63, 3.8) is 0 Å². The summed E-state index contributed by atoms with van der Waals surface area (Å²) in [6.07, 6.45) is 4.97. The maximum absolute atomic E-state index is 12.7. The van der Waals surface area contributed by atoms with Gasteiger partial charge in [0.1, 0.15) is 11.2 Å². The van der Waals surface area contributed by atoms with Crippen LogP contribution in [0.15, 0.2) is 35.2 Å². The van der Waals surface area contributed by atoms with Crippen LogP contribution in [0.4, 0.5) is 4.79 Å². The zero-order valence-corrected chi connectivity index (χ0v) is 21.9. The number of H-pyrrole nitrogens is 1. The Morgan fingerprint density at radius 3 is 2.74 bits per heavy atom. The van der Waals surface area contributed by atoms with Crippen LogP contribution in [-0.4, -0.2) is 49.4 Å². The lowest BCUT2D eigenvalue weighted by Gasteiger charge is -2.39. The van der Waals surface area contributed by atoms with Gasteiger partial charge >= 0.3 is 6.09 Å². The van der Waals surface area contributed by atoms with E-state index in [9.17, 15) is 4.79 Å². The average Bonchev–Trinajstić information content (AvgIpc) is 3.46. The van der Waals surface area contributed by atoms with Gasteiger partial charge in [-0.3, -0.25) is 4.68 Å². The number of halogens is 1. The highest BCUT2D eigenvalue weighted by atomic mass is 79.9. The van der Waals surface area contributed by atoms with E-state index in [1.807, 2.05) is 44.9 Å². The quantitative estimate of drug-likeness (QED) is 0.339. The Morgan fingerprint density at radius 2 is 2.00 bits per heavy atom. The molecule has 1 aromatic carbocycles. The number of amides is 1. The largest absolute Gasteiger partial charge is 0.444 e. The van der Waals surface area contributed by atoms with E-state index in [1.165, 1.54) is 5.56 Å². The number of nitrogens with zero attached hydrogens (tertiary/aromatic N) is 4. The Hall–Kier alpha value is -2.91. The number of aryl methyl sites for hydroxylation is 1. The number of likely N-dealkylation sites (tertiary alicyclic amines) is 1. The third-order valence-electron chi connectivity index (χ3n) is 7.07. The van der Waals surface area contributed by atoms with Crippen molar-refractivity contribution in [3.8, 4) is 11.1 Å². The summed E-state index contributed by atoms with van der Waals surface area (Å²) in [7, 11) is 1.95. The van der Waals surface area contributed by atoms with Gasteiger partial charge in [-0.05, 0) is 67.2 Å². The third-order valence-corrected chi connectivity index (χ3v) is 7.67. The summed E-state index contributed by atoms with van der Waals surface area (Å²) < 4.78 is 14.9. The SMILES string of the molecule is Cn1ncc2cc(-c3c(Br)[nH]c4ncc5c(c34)C3(CCN(C(=O)OC(C)(C)C)CC3)OC5)ccc21. The van der Waals surface area contributed by atoms with E-state index >= 15 is 0 Å². The van der Waals surface area contributed by atoms with Crippen LogP contribution < -0.4 is 0 Å². The molecule has 2 aliphatic rings. The predicted octanol–water partition coefficient (Wildman–Crippen LogP) is 5.64. The molecule has 182 valence electrons. The lowest BCUT2D eigenvalue weighted by molar-refractivity contribution is -0.0790. The van der Waals surface area contributed by atoms with E-state index in [1.54, 1.807) is 4.90 Å². The first-order chi connectivity index (χ1) is 16.7. The number of fused-ring (bicyclic) bond motifs is 5. The molecule has 0 radical (unpaired) electrons. The van der Waals surface area contributed by atoms with Crippen LogP contribution in [0.25, 0.3) is 33.1 Å². The number of ether oxygens (including phenoxy) is 2. The zero-order valence-electron chi connectivity index (χ0n) is 20.3. The van der Waals surface area contributed by atoms with Crippen LogP contribution in [0, 0.1) is 0 Å². The molecule has 0 aliphatic carbocycles. The molecule has 2 aliphatic heterocycles. The van der Waals surface area contributed by atoms with Gasteiger partial charge in [-0.15, -0.1) is 0 Å². The number of benzene rings is 1. The van der Waals surface area contributed by atoms with Crippen LogP contribution in [0.2, 0.25) is 0 Å². The zero-order chi connectivity index (χ0) is 24.5. The Morgan fingerprint density at radius 1 is 1.23 bits per heavy atom. The molecule has 6 rings (SSSR count). The summed E-state index contributed by atoms with van der Waals surface area (Å²) >= 11 is 3.77. The van der Waals surface area contributed by atoms with Crippen molar-refractivity contribution in [2.75, 3.05) is 13.1 Å². The highest BCUT2D eigenvalue weighted by molar-refractivity contribution is 9.10. The molecule has 1 amide bonds. The predicted molar refractivity (Wildman–Crippen MR) is 137 cm³/mol. The molecule has 0 saturated carbocycles. The van der Waals surface area contributed by atoms with Gasteiger partial charge in [-0.2, -0.15) is 5.10 Å². The Bertz CT molecular complexity index is 1470. The van der Waals surface area contributed by atoms with Crippen molar-refractivity contribution in [2.45, 2.75) is 51.4 Å². The van der Waals surface area contributed by atoms with Crippen molar-refractivity contribution >= 4 is 44.0 Å². The van der Waals surface area contributed by atoms with Crippen LogP contribution >= 0.6 is 15.9 Å². The molecule has 8 nitrogen and oxygen atoms in total. The number of hydrogen-bond acceptors (Lipinski definition) is 5. The molecule has 1 N–H and O–H groups in total. The minimum atomic E-state index is -0.512. The summed E-state index contributed by atoms with van der Waals surface area (Å²) in [5.41, 5.74) is 5.42. The Kier molecular flexibility index (Phi) is 5.02. The molecule has 1 saturated heterocycles. The summed E-state index contributed by atoms with van der Waals surface area (Å²) in [5, 5.41) is 6.57. The molecule has 5 heterocycles. The second-order valence-electron chi connectivity index (χ2n) is 10.5. The van der Waals surface area contributed by atoms with E-state index in [0.29, 0.717) is 32.5 Å². The molecular weight excluding hydrogens is 510 g/mol. The van der Waals surface area contributed by atoms with Gasteiger partial charge in [0.05, 0.1) is 28.5 Å². The van der Waals surface area contributed by atoms with E-state index in [4.69, 9.17) is 14.5 Å². The smallest absolute Gasteiger partial charge is 0.410 e. The maximum atomic E-state index is 12.7. The fraction of sp³-hybridized carbons (Fsp3) is 0.423. The molecule has 3 aromatic heterocycles. The standard InChI is InChI=1S/C26H28BrN5O3/c1-25(2,3)35-24(33)32-9-7-26(8-10-32)21-17(14-34-26)12-28-23-20(21)19(22(27)30-23)15-5-6-18-16(11-15)13-29-31(18)4/h5-6,11-13H,7-10,14H2,1-4H3,(H,28,30). The van der Waals surface area contributed by atoms with E-state index in [2.05, 4.69) is 44.2 Å². The van der Waals surface area contributed by atoms with Gasteiger partial charge in [0, 0.05) is 53.8 Å². The highest BCUT2D eigenvalue weighted by Gasteiger charge is 2.46. The highest BCUT2D eigenvalue weighted by Crippen LogP contribution is 2.50. The summed E-state index contributed by atoms with van der Waals surface area (Å²) in [4.78, 5) is 22.6. The third kappa shape index (κ3) is 3.63. The van der Waals surface area contributed by atoms with Crippen LogP contribution in [-0.2, 0) is 28.7 Å². The van der Waals surface area contributed by atoms with Gasteiger partial charge in [0.25, 0.3) is 0 Å². The van der Waals surface area contributed by atoms with E-state index in [0.717, 1.165) is 43.2 Å². The van der Waals surface area contributed by atoms with E-state index in [-0.39, 0.29) is 6.09 Å². The molecule has 0 atom stereocenters. The molecular formula is C26H28BrN5O3. The van der Waals surface area contributed by atoms with Gasteiger partial charge < -0.3 is 19.4 Å². The second kappa shape index (κ2) is 7.80. The summed E-state index contributed by atoms with van der Waals surface area (Å²) in [6.45, 7) is 7.37. The molecule has 0 bridgehead atoms. The van der Waals surface area contributed by atoms with E-state index < -0.39 is 11.2 Å². The fourth-order valence-corrected chi connectivity index (χ4v) is 6.06. The topological polar surface area (TPSA) is 85.3 Å².